The van der Waals surface area contributed by atoms with Crippen molar-refractivity contribution in [2.24, 2.45) is 0 Å². The van der Waals surface area contributed by atoms with Crippen LogP contribution in [0.5, 0.6) is 11.5 Å². The van der Waals surface area contributed by atoms with Gasteiger partial charge in [-0.3, -0.25) is 14.9 Å². The number of rotatable bonds is 9. The third kappa shape index (κ3) is 6.18. The van der Waals surface area contributed by atoms with Crippen molar-refractivity contribution < 1.29 is 47.0 Å². The molecule has 0 aliphatic carbocycles. The fourth-order valence-electron chi connectivity index (χ4n) is 3.69. The van der Waals surface area contributed by atoms with E-state index < -0.39 is 59.4 Å². The number of aliphatic hydroxyl groups is 1. The van der Waals surface area contributed by atoms with Crippen LogP contribution in [0, 0.1) is 15.9 Å². The van der Waals surface area contributed by atoms with Gasteiger partial charge in [0, 0.05) is 13.0 Å². The second-order valence-electron chi connectivity index (χ2n) is 7.59. The minimum Gasteiger partial charge on any atom is -0.493 e. The van der Waals surface area contributed by atoms with Crippen LogP contribution in [0.4, 0.5) is 18.9 Å². The van der Waals surface area contributed by atoms with Crippen LogP contribution in [-0.4, -0.2) is 59.2 Å². The molecule has 0 spiro atoms. The number of esters is 1. The first-order chi connectivity index (χ1) is 16.6. The molecule has 2 unspecified atom stereocenters. The summed E-state index contributed by atoms with van der Waals surface area (Å²) >= 11 is 0. The average Bonchev–Trinajstić information content (AvgIpc) is 3.20. The number of alkyl halides is 2. The Balaban J connectivity index is 1.75. The van der Waals surface area contributed by atoms with E-state index in [0.29, 0.717) is 0 Å². The number of benzene rings is 2. The van der Waals surface area contributed by atoms with Crippen molar-refractivity contribution in [3.05, 3.63) is 63.5 Å². The number of β-amino-alcohol motifs (C(OH)–C–C–N with tert-alkyl or cyclic N) is 1. The molecule has 1 fully saturated rings. The number of aliphatic hydroxyl groups excluding tert-OH is 1. The monoisotopic (exact) mass is 498 g/mol. The second kappa shape index (κ2) is 11.0. The van der Waals surface area contributed by atoms with Gasteiger partial charge in [0.25, 0.3) is 5.69 Å². The Kier molecular flexibility index (Phi) is 8.12. The number of carbonyl (C=O) groups is 2. The maximum absolute atomic E-state index is 13.9. The van der Waals surface area contributed by atoms with Crippen LogP contribution in [0.3, 0.4) is 0 Å². The average molecular weight is 498 g/mol. The van der Waals surface area contributed by atoms with E-state index in [-0.39, 0.29) is 36.3 Å². The highest BCUT2D eigenvalue weighted by atomic mass is 19.3. The fraction of sp³-hybridized carbons (Fsp3) is 0.364. The lowest BCUT2D eigenvalue weighted by atomic mass is 10.1. The predicted octanol–water partition coefficient (Wildman–Crippen LogP) is 2.59. The van der Waals surface area contributed by atoms with E-state index in [1.54, 1.807) is 6.07 Å². The molecular formula is C22H21F3N2O8. The molecule has 188 valence electrons. The van der Waals surface area contributed by atoms with E-state index >= 15 is 0 Å². The van der Waals surface area contributed by atoms with Gasteiger partial charge in [0.1, 0.15) is 18.5 Å². The second-order valence-corrected chi connectivity index (χ2v) is 7.59. The Morgan fingerprint density at radius 3 is 2.57 bits per heavy atom. The lowest BCUT2D eigenvalue weighted by Gasteiger charge is -2.23. The Morgan fingerprint density at radius 2 is 1.94 bits per heavy atom. The largest absolute Gasteiger partial charge is 0.493 e. The van der Waals surface area contributed by atoms with Crippen LogP contribution in [-0.2, 0) is 27.4 Å². The highest BCUT2D eigenvalue weighted by molar-refractivity contribution is 5.86. The fourth-order valence-corrected chi connectivity index (χ4v) is 3.69. The predicted molar refractivity (Wildman–Crippen MR) is 112 cm³/mol. The molecule has 1 heterocycles. The summed E-state index contributed by atoms with van der Waals surface area (Å²) < 4.78 is 53.4. The van der Waals surface area contributed by atoms with Gasteiger partial charge in [-0.15, -0.1) is 0 Å². The van der Waals surface area contributed by atoms with Crippen molar-refractivity contribution in [3.8, 4) is 11.5 Å². The van der Waals surface area contributed by atoms with Crippen molar-refractivity contribution in [2.45, 2.75) is 38.2 Å². The molecule has 1 aliphatic heterocycles. The summed E-state index contributed by atoms with van der Waals surface area (Å²) in [4.78, 5) is 37.0. The Labute approximate surface area is 196 Å². The van der Waals surface area contributed by atoms with Gasteiger partial charge in [-0.05, 0) is 17.7 Å². The number of nitro benzene ring substituents is 1. The number of halogens is 3. The molecule has 1 N–H and O–H groups in total. The summed E-state index contributed by atoms with van der Waals surface area (Å²) in [6.07, 6.45) is -1.52. The zero-order valence-electron chi connectivity index (χ0n) is 18.4. The number of hydrogen-bond donors (Lipinski definition) is 1. The zero-order chi connectivity index (χ0) is 25.7. The van der Waals surface area contributed by atoms with Crippen molar-refractivity contribution in [1.29, 1.82) is 0 Å². The maximum atomic E-state index is 13.9. The highest BCUT2D eigenvalue weighted by Crippen LogP contribution is 2.36. The van der Waals surface area contributed by atoms with E-state index in [0.717, 1.165) is 24.1 Å². The number of hydrogen-bond acceptors (Lipinski definition) is 8. The van der Waals surface area contributed by atoms with Crippen LogP contribution >= 0.6 is 0 Å². The van der Waals surface area contributed by atoms with E-state index in [2.05, 4.69) is 4.74 Å². The van der Waals surface area contributed by atoms with Crippen LogP contribution < -0.4 is 9.47 Å². The molecule has 35 heavy (non-hydrogen) atoms. The Hall–Kier alpha value is -3.87. The molecule has 0 saturated carbocycles. The molecule has 1 amide bonds. The van der Waals surface area contributed by atoms with Crippen molar-refractivity contribution in [3.63, 3.8) is 0 Å². The Bertz CT molecular complexity index is 1110. The van der Waals surface area contributed by atoms with Crippen molar-refractivity contribution >= 4 is 17.6 Å². The summed E-state index contributed by atoms with van der Waals surface area (Å²) in [5, 5.41) is 21.4. The number of nitro groups is 1. The maximum Gasteiger partial charge on any atom is 0.387 e. The van der Waals surface area contributed by atoms with Crippen molar-refractivity contribution in [1.82, 2.24) is 4.90 Å². The number of ether oxygens (including phenoxy) is 3. The van der Waals surface area contributed by atoms with Gasteiger partial charge in [0.05, 0.1) is 36.2 Å². The first-order valence-corrected chi connectivity index (χ1v) is 10.3. The molecular weight excluding hydrogens is 477 g/mol. The summed E-state index contributed by atoms with van der Waals surface area (Å²) in [7, 11) is 1.13. The molecule has 1 saturated heterocycles. The lowest BCUT2D eigenvalue weighted by molar-refractivity contribution is -0.386. The third-order valence-electron chi connectivity index (χ3n) is 5.32. The minimum absolute atomic E-state index is 0.111. The Morgan fingerprint density at radius 1 is 1.23 bits per heavy atom. The normalized spacial score (nSPS) is 17.4. The highest BCUT2D eigenvalue weighted by Gasteiger charge is 2.40. The first kappa shape index (κ1) is 25.7. The molecule has 13 heteroatoms. The summed E-state index contributed by atoms with van der Waals surface area (Å²) in [5.74, 6) is -2.99. The molecule has 1 aliphatic rings. The number of carbonyl (C=O) groups excluding carboxylic acids is 2. The standard InChI is InChI=1S/C22H21F3N2O8/c1-33-18-6-13(16(27(31)32)9-19(18)35-22(24)25)11-34-21(30)17-8-14(28)10-26(17)20(29)7-12-4-2-3-5-15(12)23/h2-6,9,14,17,22,28H,7-8,10-11H2,1H3. The quantitative estimate of drug-likeness (QED) is 0.317. The number of amides is 1. The van der Waals surface area contributed by atoms with Gasteiger partial charge in [-0.1, -0.05) is 18.2 Å². The molecule has 0 bridgehead atoms. The topological polar surface area (TPSA) is 128 Å². The van der Waals surface area contributed by atoms with Crippen molar-refractivity contribution in [2.75, 3.05) is 13.7 Å². The third-order valence-corrected chi connectivity index (χ3v) is 5.32. The summed E-state index contributed by atoms with van der Waals surface area (Å²) in [6, 6.07) is 6.16. The van der Waals surface area contributed by atoms with E-state index in [4.69, 9.17) is 9.47 Å². The number of methoxy groups -OCH3 is 1. The summed E-state index contributed by atoms with van der Waals surface area (Å²) in [6.45, 7) is -4.09. The molecule has 2 aromatic carbocycles. The van der Waals surface area contributed by atoms with Crippen LogP contribution in [0.1, 0.15) is 17.5 Å². The van der Waals surface area contributed by atoms with Gasteiger partial charge >= 0.3 is 12.6 Å². The first-order valence-electron chi connectivity index (χ1n) is 10.3. The molecule has 2 aromatic rings. The van der Waals surface area contributed by atoms with E-state index in [1.165, 1.54) is 18.2 Å². The molecule has 10 nitrogen and oxygen atoms in total. The molecule has 0 radical (unpaired) electrons. The van der Waals surface area contributed by atoms with Crippen LogP contribution in [0.25, 0.3) is 0 Å². The van der Waals surface area contributed by atoms with E-state index in [9.17, 15) is 38.0 Å². The molecule has 3 rings (SSSR count). The van der Waals surface area contributed by atoms with Gasteiger partial charge < -0.3 is 24.2 Å². The number of nitrogens with zero attached hydrogens (tertiary/aromatic N) is 2. The van der Waals surface area contributed by atoms with Gasteiger partial charge in [0.2, 0.25) is 5.91 Å². The smallest absolute Gasteiger partial charge is 0.387 e. The SMILES string of the molecule is COc1cc(COC(=O)C2CC(O)CN2C(=O)Cc2ccccc2F)c([N+](=O)[O-])cc1OC(F)F. The van der Waals surface area contributed by atoms with E-state index in [1.807, 2.05) is 0 Å². The van der Waals surface area contributed by atoms with Gasteiger partial charge in [-0.2, -0.15) is 8.78 Å². The van der Waals surface area contributed by atoms with Gasteiger partial charge in [0.15, 0.2) is 11.5 Å². The van der Waals surface area contributed by atoms with Crippen LogP contribution in [0.15, 0.2) is 36.4 Å². The summed E-state index contributed by atoms with van der Waals surface area (Å²) in [5.41, 5.74) is -0.724. The molecule has 0 aromatic heterocycles. The molecule has 2 atom stereocenters. The number of likely N-dealkylation sites (tertiary alicyclic amines) is 1. The van der Waals surface area contributed by atoms with Crippen LogP contribution in [0.2, 0.25) is 0 Å². The minimum atomic E-state index is -3.26. The van der Waals surface area contributed by atoms with Gasteiger partial charge in [-0.25, -0.2) is 9.18 Å². The lowest BCUT2D eigenvalue weighted by Crippen LogP contribution is -2.42. The zero-order valence-corrected chi connectivity index (χ0v) is 18.4.